The highest BCUT2D eigenvalue weighted by Crippen LogP contribution is 2.31. The van der Waals surface area contributed by atoms with Crippen molar-refractivity contribution in [2.45, 2.75) is 33.4 Å². The van der Waals surface area contributed by atoms with Crippen LogP contribution in [0.15, 0.2) is 11.1 Å². The van der Waals surface area contributed by atoms with Gasteiger partial charge in [-0.15, -0.1) is 0 Å². The molecule has 2 aromatic rings. The number of nitrogens with zero attached hydrogens (tertiary/aromatic N) is 4. The Hall–Kier alpha value is -2.11. The van der Waals surface area contributed by atoms with Crippen LogP contribution in [-0.4, -0.2) is 20.5 Å². The highest BCUT2D eigenvalue weighted by atomic mass is 15.4. The summed E-state index contributed by atoms with van der Waals surface area (Å²) in [6, 6.07) is 2.09. The number of imidazole rings is 1. The van der Waals surface area contributed by atoms with E-state index in [9.17, 15) is 0 Å². The average Bonchev–Trinajstić information content (AvgIpc) is 2.55. The second-order valence-corrected chi connectivity index (χ2v) is 5.12. The van der Waals surface area contributed by atoms with Gasteiger partial charge >= 0.3 is 0 Å². The Morgan fingerprint density at radius 1 is 1.28 bits per heavy atom. The third-order valence-corrected chi connectivity index (χ3v) is 3.27. The Kier molecular flexibility index (Phi) is 1.97. The Labute approximate surface area is 105 Å². The number of aryl methyl sites for hydroxylation is 2. The number of hydrogen-bond acceptors (Lipinski definition) is 5. The molecule has 0 spiro atoms. The Morgan fingerprint density at radius 3 is 2.72 bits per heavy atom. The average molecular weight is 244 g/mol. The fourth-order valence-electron chi connectivity index (χ4n) is 2.31. The lowest BCUT2D eigenvalue weighted by Gasteiger charge is -2.29. The maximum absolute atomic E-state index is 5.77. The minimum Gasteiger partial charge on any atom is -0.370 e. The molecule has 0 radical (unpaired) electrons. The summed E-state index contributed by atoms with van der Waals surface area (Å²) in [5.74, 6) is 1.08. The van der Waals surface area contributed by atoms with Crippen LogP contribution < -0.4 is 11.1 Å². The molecule has 0 aromatic carbocycles. The highest BCUT2D eigenvalue weighted by molar-refractivity contribution is 5.94. The van der Waals surface area contributed by atoms with E-state index in [1.54, 1.807) is 0 Å². The van der Waals surface area contributed by atoms with E-state index in [2.05, 4.69) is 26.3 Å². The Morgan fingerprint density at radius 2 is 2.00 bits per heavy atom. The van der Waals surface area contributed by atoms with E-state index in [1.807, 2.05) is 32.3 Å². The van der Waals surface area contributed by atoms with E-state index in [0.717, 1.165) is 22.4 Å². The van der Waals surface area contributed by atoms with E-state index >= 15 is 0 Å². The van der Waals surface area contributed by atoms with Gasteiger partial charge < -0.3 is 5.73 Å². The highest BCUT2D eigenvalue weighted by Gasteiger charge is 2.30. The lowest BCUT2D eigenvalue weighted by atomic mass is 10.2. The summed E-state index contributed by atoms with van der Waals surface area (Å²) in [5.41, 5.74) is 9.14. The second kappa shape index (κ2) is 3.22. The van der Waals surface area contributed by atoms with E-state index in [-0.39, 0.29) is 0 Å². The van der Waals surface area contributed by atoms with Gasteiger partial charge in [-0.2, -0.15) is 4.98 Å². The van der Waals surface area contributed by atoms with Crippen molar-refractivity contribution in [3.8, 4) is 0 Å². The number of nitrogens with two attached hydrogens (primary N) is 1. The number of rotatable bonds is 0. The van der Waals surface area contributed by atoms with Crippen LogP contribution >= 0.6 is 0 Å². The predicted octanol–water partition coefficient (Wildman–Crippen LogP) is 1.48. The zero-order valence-corrected chi connectivity index (χ0v) is 10.9. The lowest BCUT2D eigenvalue weighted by Crippen LogP contribution is -2.38. The summed E-state index contributed by atoms with van der Waals surface area (Å²) in [6.45, 7) is 8.03. The van der Waals surface area contributed by atoms with Gasteiger partial charge in [0.15, 0.2) is 11.6 Å². The molecule has 94 valence electrons. The smallest absolute Gasteiger partial charge is 0.214 e. The van der Waals surface area contributed by atoms with Gasteiger partial charge in [-0.1, -0.05) is 0 Å². The number of aliphatic imine (C=N–C) groups is 1. The van der Waals surface area contributed by atoms with Crippen molar-refractivity contribution in [1.29, 1.82) is 0 Å². The van der Waals surface area contributed by atoms with Crippen LogP contribution in [0.4, 0.5) is 5.95 Å². The minimum atomic E-state index is -0.456. The van der Waals surface area contributed by atoms with Crippen LogP contribution in [0.3, 0.4) is 0 Å². The van der Waals surface area contributed by atoms with Crippen LogP contribution in [0, 0.1) is 13.8 Å². The Balaban J connectivity index is 2.37. The molecule has 0 saturated heterocycles. The van der Waals surface area contributed by atoms with E-state index < -0.39 is 5.66 Å². The number of guanidine groups is 1. The van der Waals surface area contributed by atoms with Crippen molar-refractivity contribution in [2.24, 2.45) is 10.7 Å². The molecule has 6 nitrogen and oxygen atoms in total. The molecule has 0 unspecified atom stereocenters. The van der Waals surface area contributed by atoms with Gasteiger partial charge in [-0.3, -0.25) is 9.88 Å². The molecule has 1 aliphatic rings. The summed E-state index contributed by atoms with van der Waals surface area (Å²) in [5, 5.41) is 2.98. The number of hydrogen-bond donors (Lipinski definition) is 2. The molecule has 0 bridgehead atoms. The summed E-state index contributed by atoms with van der Waals surface area (Å²) < 4.78 is 2.03. The SMILES string of the molecule is Cc1cc2c(nc1C)nc1n2C(C)(C)N=C(N)N1. The van der Waals surface area contributed by atoms with Gasteiger partial charge in [0.25, 0.3) is 0 Å². The first-order valence-corrected chi connectivity index (χ1v) is 5.88. The van der Waals surface area contributed by atoms with Crippen molar-refractivity contribution >= 4 is 23.1 Å². The maximum Gasteiger partial charge on any atom is 0.214 e. The standard InChI is InChI=1S/C12H16N6/c1-6-5-8-9(14-7(6)2)15-11-16-10(13)17-12(3,4)18(8)11/h5H,1-4H3,(H3,13,14,15,16,17). The molecule has 0 aliphatic carbocycles. The first-order valence-electron chi connectivity index (χ1n) is 5.88. The monoisotopic (exact) mass is 244 g/mol. The zero-order chi connectivity index (χ0) is 13.1. The largest absolute Gasteiger partial charge is 0.370 e. The van der Waals surface area contributed by atoms with Crippen LogP contribution in [0.2, 0.25) is 0 Å². The maximum atomic E-state index is 5.77. The number of fused-ring (bicyclic) bond motifs is 3. The molecule has 1 aliphatic heterocycles. The van der Waals surface area contributed by atoms with Crippen molar-refractivity contribution < 1.29 is 0 Å². The fraction of sp³-hybridized carbons (Fsp3) is 0.417. The normalized spacial score (nSPS) is 17.2. The number of aromatic nitrogens is 3. The number of pyridine rings is 1. The molecule has 18 heavy (non-hydrogen) atoms. The molecule has 3 rings (SSSR count). The van der Waals surface area contributed by atoms with Crippen LogP contribution in [-0.2, 0) is 5.66 Å². The first kappa shape index (κ1) is 11.0. The molecule has 2 aromatic heterocycles. The molecular formula is C12H16N6. The van der Waals surface area contributed by atoms with E-state index in [4.69, 9.17) is 5.73 Å². The molecule has 6 heteroatoms. The molecule has 0 amide bonds. The van der Waals surface area contributed by atoms with Crippen LogP contribution in [0.1, 0.15) is 25.1 Å². The van der Waals surface area contributed by atoms with Crippen molar-refractivity contribution in [2.75, 3.05) is 5.32 Å². The fourth-order valence-corrected chi connectivity index (χ4v) is 2.31. The molecular weight excluding hydrogens is 228 g/mol. The molecule has 0 fully saturated rings. The van der Waals surface area contributed by atoms with Gasteiger partial charge in [0.1, 0.15) is 5.66 Å². The predicted molar refractivity (Wildman–Crippen MR) is 71.6 cm³/mol. The molecule has 3 heterocycles. The zero-order valence-electron chi connectivity index (χ0n) is 10.9. The number of anilines is 1. The van der Waals surface area contributed by atoms with E-state index in [0.29, 0.717) is 11.9 Å². The Bertz CT molecular complexity index is 679. The topological polar surface area (TPSA) is 81.1 Å². The van der Waals surface area contributed by atoms with Crippen LogP contribution in [0.25, 0.3) is 11.2 Å². The summed E-state index contributed by atoms with van der Waals surface area (Å²) in [6.07, 6.45) is 0. The van der Waals surface area contributed by atoms with Gasteiger partial charge in [-0.25, -0.2) is 9.98 Å². The van der Waals surface area contributed by atoms with E-state index in [1.165, 1.54) is 0 Å². The van der Waals surface area contributed by atoms with Gasteiger partial charge in [0, 0.05) is 5.69 Å². The molecule has 0 atom stereocenters. The van der Waals surface area contributed by atoms with Gasteiger partial charge in [0.2, 0.25) is 5.95 Å². The molecule has 3 N–H and O–H groups in total. The van der Waals surface area contributed by atoms with Crippen molar-refractivity contribution in [1.82, 2.24) is 14.5 Å². The quantitative estimate of drug-likeness (QED) is 0.735. The summed E-state index contributed by atoms with van der Waals surface area (Å²) in [4.78, 5) is 13.4. The van der Waals surface area contributed by atoms with Gasteiger partial charge in [-0.05, 0) is 39.3 Å². The minimum absolute atomic E-state index is 0.385. The van der Waals surface area contributed by atoms with Crippen molar-refractivity contribution in [3.05, 3.63) is 17.3 Å². The van der Waals surface area contributed by atoms with Crippen LogP contribution in [0.5, 0.6) is 0 Å². The van der Waals surface area contributed by atoms with Crippen molar-refractivity contribution in [3.63, 3.8) is 0 Å². The second-order valence-electron chi connectivity index (χ2n) is 5.12. The van der Waals surface area contributed by atoms with Gasteiger partial charge in [0.05, 0.1) is 5.52 Å². The lowest BCUT2D eigenvalue weighted by molar-refractivity contribution is 0.385. The summed E-state index contributed by atoms with van der Waals surface area (Å²) >= 11 is 0. The number of nitrogens with one attached hydrogen (secondary N) is 1. The molecule has 0 saturated carbocycles. The summed E-state index contributed by atoms with van der Waals surface area (Å²) in [7, 11) is 0. The third-order valence-electron chi connectivity index (χ3n) is 3.27. The third kappa shape index (κ3) is 1.38. The first-order chi connectivity index (χ1) is 8.38.